The molecule has 1 unspecified atom stereocenters. The van der Waals surface area contributed by atoms with E-state index >= 15 is 0 Å². The highest BCUT2D eigenvalue weighted by Gasteiger charge is 2.16. The Morgan fingerprint density at radius 3 is 2.86 bits per heavy atom. The average molecular weight is 293 g/mol. The summed E-state index contributed by atoms with van der Waals surface area (Å²) in [4.78, 5) is 13.6. The summed E-state index contributed by atoms with van der Waals surface area (Å²) >= 11 is 0. The van der Waals surface area contributed by atoms with Gasteiger partial charge in [0.05, 0.1) is 13.0 Å². The molecule has 0 heterocycles. The van der Waals surface area contributed by atoms with E-state index in [1.54, 1.807) is 11.9 Å². The largest absolute Gasteiger partial charge is 0.493 e. The standard InChI is InChI=1S/C15H23N3O3/c1-11-5-4-6-13(9-11)21-8-7-15(19)18(3)12(2)10-14(16)17-20/h4-6,9,12,20H,7-8,10H2,1-3H3,(H2,16,17). The lowest BCUT2D eigenvalue weighted by Crippen LogP contribution is -2.38. The van der Waals surface area contributed by atoms with Crippen molar-refractivity contribution in [2.75, 3.05) is 13.7 Å². The van der Waals surface area contributed by atoms with Gasteiger partial charge in [-0.3, -0.25) is 4.79 Å². The number of oxime groups is 1. The van der Waals surface area contributed by atoms with Gasteiger partial charge < -0.3 is 20.6 Å². The Morgan fingerprint density at radius 2 is 2.24 bits per heavy atom. The molecule has 1 aromatic carbocycles. The fourth-order valence-corrected chi connectivity index (χ4v) is 1.86. The maximum absolute atomic E-state index is 12.0. The second-order valence-corrected chi connectivity index (χ2v) is 5.06. The van der Waals surface area contributed by atoms with Crippen molar-refractivity contribution in [1.82, 2.24) is 4.90 Å². The van der Waals surface area contributed by atoms with Crippen LogP contribution in [0.25, 0.3) is 0 Å². The minimum absolute atomic E-state index is 0.0408. The Morgan fingerprint density at radius 1 is 1.52 bits per heavy atom. The van der Waals surface area contributed by atoms with Crippen molar-refractivity contribution in [3.05, 3.63) is 29.8 Å². The third kappa shape index (κ3) is 5.72. The van der Waals surface area contributed by atoms with Crippen LogP contribution in [-0.4, -0.2) is 41.5 Å². The number of hydrogen-bond acceptors (Lipinski definition) is 4. The van der Waals surface area contributed by atoms with Crippen LogP contribution in [0.15, 0.2) is 29.4 Å². The molecule has 21 heavy (non-hydrogen) atoms. The van der Waals surface area contributed by atoms with Gasteiger partial charge >= 0.3 is 0 Å². The van der Waals surface area contributed by atoms with Gasteiger partial charge in [-0.15, -0.1) is 0 Å². The van der Waals surface area contributed by atoms with Gasteiger partial charge in [0.15, 0.2) is 0 Å². The molecule has 0 spiro atoms. The summed E-state index contributed by atoms with van der Waals surface area (Å²) in [6.07, 6.45) is 0.614. The molecule has 0 radical (unpaired) electrons. The van der Waals surface area contributed by atoms with E-state index in [1.807, 2.05) is 38.1 Å². The molecule has 0 aliphatic carbocycles. The molecule has 6 heteroatoms. The van der Waals surface area contributed by atoms with Crippen molar-refractivity contribution in [1.29, 1.82) is 0 Å². The second kappa shape index (κ2) is 8.14. The zero-order valence-electron chi connectivity index (χ0n) is 12.7. The number of ether oxygens (including phenoxy) is 1. The molecule has 0 saturated heterocycles. The van der Waals surface area contributed by atoms with Gasteiger partial charge in [0.1, 0.15) is 11.6 Å². The van der Waals surface area contributed by atoms with Crippen molar-refractivity contribution < 1.29 is 14.7 Å². The van der Waals surface area contributed by atoms with E-state index in [9.17, 15) is 4.79 Å². The highest BCUT2D eigenvalue weighted by atomic mass is 16.5. The summed E-state index contributed by atoms with van der Waals surface area (Å²) in [6.45, 7) is 4.15. The number of carbonyl (C=O) groups excluding carboxylic acids is 1. The lowest BCUT2D eigenvalue weighted by atomic mass is 10.2. The minimum Gasteiger partial charge on any atom is -0.493 e. The normalized spacial score (nSPS) is 12.8. The van der Waals surface area contributed by atoms with Crippen molar-refractivity contribution >= 4 is 11.7 Å². The van der Waals surface area contributed by atoms with Crippen LogP contribution in [0.5, 0.6) is 5.75 Å². The zero-order valence-corrected chi connectivity index (χ0v) is 12.7. The first-order valence-electron chi connectivity index (χ1n) is 6.85. The molecule has 0 aliphatic rings. The van der Waals surface area contributed by atoms with Crippen LogP contribution in [0.3, 0.4) is 0 Å². The number of amides is 1. The summed E-state index contributed by atoms with van der Waals surface area (Å²) in [7, 11) is 1.70. The maximum Gasteiger partial charge on any atom is 0.225 e. The molecule has 1 atom stereocenters. The van der Waals surface area contributed by atoms with Crippen LogP contribution in [0, 0.1) is 6.92 Å². The van der Waals surface area contributed by atoms with Crippen LogP contribution in [0.4, 0.5) is 0 Å². The van der Waals surface area contributed by atoms with E-state index in [0.717, 1.165) is 11.3 Å². The van der Waals surface area contributed by atoms with Crippen molar-refractivity contribution in [2.24, 2.45) is 10.9 Å². The van der Waals surface area contributed by atoms with Crippen LogP contribution >= 0.6 is 0 Å². The Bertz CT molecular complexity index is 503. The number of carbonyl (C=O) groups is 1. The minimum atomic E-state index is -0.132. The van der Waals surface area contributed by atoms with E-state index in [-0.39, 0.29) is 24.2 Å². The van der Waals surface area contributed by atoms with Gasteiger partial charge in [-0.1, -0.05) is 17.3 Å². The van der Waals surface area contributed by atoms with Gasteiger partial charge in [-0.2, -0.15) is 0 Å². The molecule has 3 N–H and O–H groups in total. The Labute approximate surface area is 125 Å². The maximum atomic E-state index is 12.0. The molecule has 0 bridgehead atoms. The number of hydrogen-bond donors (Lipinski definition) is 2. The lowest BCUT2D eigenvalue weighted by Gasteiger charge is -2.24. The van der Waals surface area contributed by atoms with Gasteiger partial charge in [-0.25, -0.2) is 0 Å². The van der Waals surface area contributed by atoms with Gasteiger partial charge in [0, 0.05) is 19.5 Å². The van der Waals surface area contributed by atoms with Crippen LogP contribution in [0.2, 0.25) is 0 Å². The second-order valence-electron chi connectivity index (χ2n) is 5.06. The van der Waals surface area contributed by atoms with Crippen LogP contribution in [0.1, 0.15) is 25.3 Å². The summed E-state index contributed by atoms with van der Waals surface area (Å²) in [6, 6.07) is 7.56. The molecule has 0 aromatic heterocycles. The molecule has 1 amide bonds. The summed E-state index contributed by atoms with van der Waals surface area (Å²) in [5.41, 5.74) is 6.55. The number of rotatable bonds is 7. The fraction of sp³-hybridized carbons (Fsp3) is 0.467. The molecule has 0 aliphatic heterocycles. The summed E-state index contributed by atoms with van der Waals surface area (Å²) < 4.78 is 5.55. The molecule has 1 rings (SSSR count). The third-order valence-electron chi connectivity index (χ3n) is 3.26. The number of aryl methyl sites for hydroxylation is 1. The van der Waals surface area contributed by atoms with Crippen molar-refractivity contribution in [3.63, 3.8) is 0 Å². The fourth-order valence-electron chi connectivity index (χ4n) is 1.86. The molecule has 0 fully saturated rings. The predicted octanol–water partition coefficient (Wildman–Crippen LogP) is 1.75. The average Bonchev–Trinajstić information content (AvgIpc) is 2.46. The summed E-state index contributed by atoms with van der Waals surface area (Å²) in [5, 5.41) is 11.4. The first-order chi connectivity index (χ1) is 9.93. The number of amidine groups is 1. The first-order valence-corrected chi connectivity index (χ1v) is 6.85. The number of nitrogens with two attached hydrogens (primary N) is 1. The third-order valence-corrected chi connectivity index (χ3v) is 3.26. The van der Waals surface area contributed by atoms with E-state index in [1.165, 1.54) is 0 Å². The molecule has 116 valence electrons. The molecule has 0 saturated carbocycles. The monoisotopic (exact) mass is 293 g/mol. The molecule has 1 aromatic rings. The molecular formula is C15H23N3O3. The van der Waals surface area contributed by atoms with E-state index < -0.39 is 0 Å². The van der Waals surface area contributed by atoms with Crippen LogP contribution in [-0.2, 0) is 4.79 Å². The topological polar surface area (TPSA) is 88.2 Å². The Hall–Kier alpha value is -2.24. The highest BCUT2D eigenvalue weighted by molar-refractivity contribution is 5.81. The van der Waals surface area contributed by atoms with E-state index in [0.29, 0.717) is 13.0 Å². The molecule has 6 nitrogen and oxygen atoms in total. The Balaban J connectivity index is 2.39. The lowest BCUT2D eigenvalue weighted by molar-refractivity contribution is -0.132. The van der Waals surface area contributed by atoms with Gasteiger partial charge in [-0.05, 0) is 31.5 Å². The zero-order chi connectivity index (χ0) is 15.8. The van der Waals surface area contributed by atoms with Crippen LogP contribution < -0.4 is 10.5 Å². The first kappa shape index (κ1) is 16.8. The smallest absolute Gasteiger partial charge is 0.225 e. The molecular weight excluding hydrogens is 270 g/mol. The Kier molecular flexibility index (Phi) is 6.52. The number of benzene rings is 1. The summed E-state index contributed by atoms with van der Waals surface area (Å²) in [5.74, 6) is 0.828. The van der Waals surface area contributed by atoms with Gasteiger partial charge in [0.25, 0.3) is 0 Å². The van der Waals surface area contributed by atoms with Crippen molar-refractivity contribution in [3.8, 4) is 5.75 Å². The SMILES string of the molecule is Cc1cccc(OCCC(=O)N(C)C(C)CC(N)=NO)c1. The van der Waals surface area contributed by atoms with E-state index in [2.05, 4.69) is 5.16 Å². The van der Waals surface area contributed by atoms with Gasteiger partial charge in [0.2, 0.25) is 5.91 Å². The predicted molar refractivity (Wildman–Crippen MR) is 81.5 cm³/mol. The quantitative estimate of drug-likeness (QED) is 0.347. The van der Waals surface area contributed by atoms with Crippen molar-refractivity contribution in [2.45, 2.75) is 32.7 Å². The van der Waals surface area contributed by atoms with E-state index in [4.69, 9.17) is 15.7 Å². The number of nitrogens with zero attached hydrogens (tertiary/aromatic N) is 2. The highest BCUT2D eigenvalue weighted by Crippen LogP contribution is 2.13.